The zero-order chi connectivity index (χ0) is 18.1. The zero-order valence-corrected chi connectivity index (χ0v) is 14.0. The van der Waals surface area contributed by atoms with Crippen LogP contribution in [0.3, 0.4) is 0 Å². The lowest BCUT2D eigenvalue weighted by Gasteiger charge is -2.12. The second-order valence-corrected chi connectivity index (χ2v) is 7.17. The highest BCUT2D eigenvalue weighted by atomic mass is 79.9. The summed E-state index contributed by atoms with van der Waals surface area (Å²) in [6.45, 7) is 0. The summed E-state index contributed by atoms with van der Waals surface area (Å²) in [6.07, 6.45) is -4.62. The van der Waals surface area contributed by atoms with Crippen LogP contribution in [0.4, 0.5) is 18.9 Å². The number of nitrogens with one attached hydrogen (secondary N) is 1. The van der Waals surface area contributed by atoms with E-state index in [1.165, 1.54) is 6.07 Å². The Bertz CT molecular complexity index is 897. The molecule has 2 N–H and O–H groups in total. The number of benzene rings is 2. The molecule has 0 saturated heterocycles. The van der Waals surface area contributed by atoms with Gasteiger partial charge in [0, 0.05) is 10.2 Å². The van der Waals surface area contributed by atoms with Gasteiger partial charge in [-0.2, -0.15) is 13.2 Å². The molecule has 5 nitrogen and oxygen atoms in total. The van der Waals surface area contributed by atoms with Crippen LogP contribution in [0.15, 0.2) is 51.8 Å². The van der Waals surface area contributed by atoms with Gasteiger partial charge in [0.05, 0.1) is 16.0 Å². The summed E-state index contributed by atoms with van der Waals surface area (Å²) in [5.41, 5.74) is -1.59. The highest BCUT2D eigenvalue weighted by Crippen LogP contribution is 2.31. The molecule has 0 aliphatic heterocycles. The van der Waals surface area contributed by atoms with Crippen LogP contribution in [0.1, 0.15) is 15.9 Å². The molecule has 0 bridgehead atoms. The van der Waals surface area contributed by atoms with Gasteiger partial charge in [0.1, 0.15) is 0 Å². The Morgan fingerprint density at radius 3 is 2.38 bits per heavy atom. The van der Waals surface area contributed by atoms with Crippen molar-refractivity contribution in [3.05, 3.63) is 58.1 Å². The van der Waals surface area contributed by atoms with Crippen LogP contribution >= 0.6 is 15.9 Å². The summed E-state index contributed by atoms with van der Waals surface area (Å²) in [5, 5.41) is 9.00. The number of carboxylic acids is 1. The Balaban J connectivity index is 2.39. The van der Waals surface area contributed by atoms with Crippen molar-refractivity contribution in [3.8, 4) is 0 Å². The van der Waals surface area contributed by atoms with Gasteiger partial charge in [0.15, 0.2) is 0 Å². The van der Waals surface area contributed by atoms with E-state index in [1.54, 1.807) is 0 Å². The van der Waals surface area contributed by atoms with Gasteiger partial charge in [-0.3, -0.25) is 4.72 Å². The van der Waals surface area contributed by atoms with Gasteiger partial charge in [-0.05, 0) is 52.3 Å². The van der Waals surface area contributed by atoms with Gasteiger partial charge in [0.25, 0.3) is 10.0 Å². The van der Waals surface area contributed by atoms with Crippen LogP contribution in [-0.2, 0) is 16.2 Å². The number of hydrogen-bond donors (Lipinski definition) is 2. The molecule has 128 valence electrons. The molecule has 0 aromatic heterocycles. The molecule has 0 unspecified atom stereocenters. The van der Waals surface area contributed by atoms with Gasteiger partial charge in [-0.15, -0.1) is 0 Å². The molecular formula is C14H9BrF3NO4S. The van der Waals surface area contributed by atoms with E-state index in [0.29, 0.717) is 6.07 Å². The van der Waals surface area contributed by atoms with Crippen molar-refractivity contribution in [2.24, 2.45) is 0 Å². The SMILES string of the molecule is O=C(O)c1cc(S(=O)(=O)Nc2cccc(C(F)(F)F)c2)ccc1Br. The van der Waals surface area contributed by atoms with Crippen molar-refractivity contribution < 1.29 is 31.5 Å². The first-order valence-electron chi connectivity index (χ1n) is 6.23. The van der Waals surface area contributed by atoms with E-state index in [4.69, 9.17) is 5.11 Å². The second kappa shape index (κ2) is 6.44. The van der Waals surface area contributed by atoms with E-state index < -0.39 is 27.7 Å². The lowest BCUT2D eigenvalue weighted by molar-refractivity contribution is -0.137. The fourth-order valence-corrected chi connectivity index (χ4v) is 3.30. The maximum atomic E-state index is 12.7. The number of carbonyl (C=O) groups is 1. The van der Waals surface area contributed by atoms with Crippen LogP contribution in [0.5, 0.6) is 0 Å². The number of hydrogen-bond acceptors (Lipinski definition) is 3. The van der Waals surface area contributed by atoms with Crippen molar-refractivity contribution in [2.75, 3.05) is 4.72 Å². The largest absolute Gasteiger partial charge is 0.478 e. The third-order valence-electron chi connectivity index (χ3n) is 2.92. The zero-order valence-electron chi connectivity index (χ0n) is 11.6. The van der Waals surface area contributed by atoms with Crippen LogP contribution in [0.25, 0.3) is 0 Å². The van der Waals surface area contributed by atoms with Gasteiger partial charge in [0.2, 0.25) is 0 Å². The van der Waals surface area contributed by atoms with Crippen LogP contribution in [0, 0.1) is 0 Å². The number of sulfonamides is 1. The van der Waals surface area contributed by atoms with Gasteiger partial charge < -0.3 is 5.11 Å². The topological polar surface area (TPSA) is 83.5 Å². The number of halogens is 4. The van der Waals surface area contributed by atoms with Crippen LogP contribution in [0.2, 0.25) is 0 Å². The van der Waals surface area contributed by atoms with Crippen molar-refractivity contribution in [3.63, 3.8) is 0 Å². The third kappa shape index (κ3) is 4.06. The minimum atomic E-state index is -4.62. The summed E-state index contributed by atoms with van der Waals surface area (Å²) in [7, 11) is -4.25. The molecule has 0 radical (unpaired) electrons. The molecule has 2 aromatic rings. The Kier molecular flexibility index (Phi) is 4.90. The number of carboxylic acid groups (broad SMARTS) is 1. The lowest BCUT2D eigenvalue weighted by atomic mass is 10.2. The number of alkyl halides is 3. The average molecular weight is 424 g/mol. The predicted octanol–water partition coefficient (Wildman–Crippen LogP) is 3.97. The van der Waals surface area contributed by atoms with E-state index >= 15 is 0 Å². The molecule has 0 fully saturated rings. The first-order chi connectivity index (χ1) is 11.0. The number of rotatable bonds is 4. The fraction of sp³-hybridized carbons (Fsp3) is 0.0714. The molecule has 10 heteroatoms. The molecule has 0 aliphatic carbocycles. The highest BCUT2D eigenvalue weighted by molar-refractivity contribution is 9.10. The molecule has 0 saturated carbocycles. The molecule has 2 aromatic carbocycles. The molecule has 24 heavy (non-hydrogen) atoms. The highest BCUT2D eigenvalue weighted by Gasteiger charge is 2.30. The molecule has 0 spiro atoms. The van der Waals surface area contributed by atoms with E-state index in [0.717, 1.165) is 30.3 Å². The minimum Gasteiger partial charge on any atom is -0.478 e. The van der Waals surface area contributed by atoms with E-state index in [-0.39, 0.29) is 20.6 Å². The molecular weight excluding hydrogens is 415 g/mol. The maximum absolute atomic E-state index is 12.7. The van der Waals surface area contributed by atoms with Gasteiger partial charge >= 0.3 is 12.1 Å². The predicted molar refractivity (Wildman–Crippen MR) is 83.4 cm³/mol. The minimum absolute atomic E-state index is 0.174. The quantitative estimate of drug-likeness (QED) is 0.779. The van der Waals surface area contributed by atoms with Crippen molar-refractivity contribution in [1.82, 2.24) is 0 Å². The molecule has 2 rings (SSSR count). The maximum Gasteiger partial charge on any atom is 0.416 e. The molecule has 0 amide bonds. The Hall–Kier alpha value is -2.07. The van der Waals surface area contributed by atoms with Gasteiger partial charge in [-0.25, -0.2) is 13.2 Å². The van der Waals surface area contributed by atoms with Crippen molar-refractivity contribution >= 4 is 37.6 Å². The molecule has 0 heterocycles. The summed E-state index contributed by atoms with van der Waals surface area (Å²) >= 11 is 2.97. The Morgan fingerprint density at radius 1 is 1.12 bits per heavy atom. The second-order valence-electron chi connectivity index (χ2n) is 4.63. The Morgan fingerprint density at radius 2 is 1.79 bits per heavy atom. The molecule has 0 aliphatic rings. The number of anilines is 1. The van der Waals surface area contributed by atoms with Crippen LogP contribution in [-0.4, -0.2) is 19.5 Å². The van der Waals surface area contributed by atoms with E-state index in [9.17, 15) is 26.4 Å². The van der Waals surface area contributed by atoms with Gasteiger partial charge in [-0.1, -0.05) is 6.07 Å². The summed E-state index contributed by atoms with van der Waals surface area (Å²) < 4.78 is 64.7. The fourth-order valence-electron chi connectivity index (χ4n) is 1.81. The van der Waals surface area contributed by atoms with Crippen molar-refractivity contribution in [1.29, 1.82) is 0 Å². The first-order valence-corrected chi connectivity index (χ1v) is 8.51. The van der Waals surface area contributed by atoms with Crippen molar-refractivity contribution in [2.45, 2.75) is 11.1 Å². The smallest absolute Gasteiger partial charge is 0.416 e. The van der Waals surface area contributed by atoms with E-state index in [1.807, 2.05) is 4.72 Å². The normalized spacial score (nSPS) is 12.0. The molecule has 0 atom stereocenters. The average Bonchev–Trinajstić information content (AvgIpc) is 2.46. The summed E-state index contributed by atoms with van der Waals surface area (Å²) in [5.74, 6) is -1.35. The summed E-state index contributed by atoms with van der Waals surface area (Å²) in [6, 6.07) is 6.93. The van der Waals surface area contributed by atoms with E-state index in [2.05, 4.69) is 15.9 Å². The number of aromatic carboxylic acids is 1. The first kappa shape index (κ1) is 18.3. The Labute approximate surface area is 143 Å². The standard InChI is InChI=1S/C14H9BrF3NO4S/c15-12-5-4-10(7-11(12)13(20)21)24(22,23)19-9-3-1-2-8(6-9)14(16,17)18/h1-7,19H,(H,20,21). The summed E-state index contributed by atoms with van der Waals surface area (Å²) in [4.78, 5) is 10.7. The third-order valence-corrected chi connectivity index (χ3v) is 4.99. The monoisotopic (exact) mass is 423 g/mol. The van der Waals surface area contributed by atoms with Crippen LogP contribution < -0.4 is 4.72 Å². The lowest BCUT2D eigenvalue weighted by Crippen LogP contribution is -2.15.